The fourth-order valence-electron chi connectivity index (χ4n) is 2.33. The minimum absolute atomic E-state index is 0.155. The molecule has 0 spiro atoms. The van der Waals surface area contributed by atoms with Crippen molar-refractivity contribution in [3.05, 3.63) is 63.2 Å². The van der Waals surface area contributed by atoms with Gasteiger partial charge in [0, 0.05) is 11.6 Å². The molecule has 1 aromatic heterocycles. The zero-order valence-corrected chi connectivity index (χ0v) is 15.1. The van der Waals surface area contributed by atoms with Gasteiger partial charge in [-0.3, -0.25) is 14.9 Å². The molecule has 0 aliphatic rings. The molecule has 2 aromatic carbocycles. The van der Waals surface area contributed by atoms with Crippen LogP contribution in [0.1, 0.15) is 28.4 Å². The molecular weight excluding hydrogens is 354 g/mol. The molecule has 0 aliphatic heterocycles. The predicted octanol–water partition coefficient (Wildman–Crippen LogP) is 3.54. The van der Waals surface area contributed by atoms with Gasteiger partial charge in [-0.2, -0.15) is 4.68 Å². The molecule has 0 radical (unpaired) electrons. The first-order chi connectivity index (χ1) is 12.4. The van der Waals surface area contributed by atoms with Gasteiger partial charge in [-0.1, -0.05) is 6.07 Å². The first kappa shape index (κ1) is 17.7. The third kappa shape index (κ3) is 3.47. The van der Waals surface area contributed by atoms with Crippen LogP contribution in [0.4, 0.5) is 5.69 Å². The van der Waals surface area contributed by atoms with Crippen LogP contribution in [0.5, 0.6) is 0 Å². The number of aromatic nitrogens is 4. The van der Waals surface area contributed by atoms with Crippen LogP contribution in [0, 0.1) is 24.0 Å². The molecule has 132 valence electrons. The summed E-state index contributed by atoms with van der Waals surface area (Å²) < 4.78 is 1.53. The highest BCUT2D eigenvalue weighted by Gasteiger charge is 2.20. The summed E-state index contributed by atoms with van der Waals surface area (Å²) in [6.07, 6.45) is 0. The Labute approximate surface area is 153 Å². The van der Waals surface area contributed by atoms with Crippen LogP contribution in [0.25, 0.3) is 5.69 Å². The number of nitrogens with zero attached hydrogens (tertiary/aromatic N) is 5. The van der Waals surface area contributed by atoms with Gasteiger partial charge in [0.15, 0.2) is 5.78 Å². The van der Waals surface area contributed by atoms with Gasteiger partial charge < -0.3 is 0 Å². The summed E-state index contributed by atoms with van der Waals surface area (Å²) in [5.74, 6) is -0.232. The van der Waals surface area contributed by atoms with Crippen LogP contribution in [-0.2, 0) is 0 Å². The number of Topliss-reactive ketones (excluding diaryl/α,β-unsaturated/α-hetero) is 1. The fraction of sp³-hybridized carbons (Fsp3) is 0.176. The fourth-order valence-corrected chi connectivity index (χ4v) is 3.20. The molecule has 0 amide bonds. The molecule has 8 nitrogen and oxygen atoms in total. The summed E-state index contributed by atoms with van der Waals surface area (Å²) in [4.78, 5) is 22.7. The zero-order valence-electron chi connectivity index (χ0n) is 14.3. The van der Waals surface area contributed by atoms with Crippen LogP contribution >= 0.6 is 11.8 Å². The Kier molecular flexibility index (Phi) is 4.81. The number of aryl methyl sites for hydroxylation is 2. The number of benzene rings is 2. The number of ketones is 1. The molecule has 0 saturated heterocycles. The van der Waals surface area contributed by atoms with E-state index >= 15 is 0 Å². The van der Waals surface area contributed by atoms with E-state index in [1.165, 1.54) is 17.7 Å². The Morgan fingerprint density at radius 3 is 2.58 bits per heavy atom. The van der Waals surface area contributed by atoms with E-state index in [0.29, 0.717) is 10.1 Å². The van der Waals surface area contributed by atoms with Gasteiger partial charge in [0.2, 0.25) is 5.16 Å². The lowest BCUT2D eigenvalue weighted by atomic mass is 10.1. The first-order valence-electron chi connectivity index (χ1n) is 7.70. The molecule has 9 heteroatoms. The van der Waals surface area contributed by atoms with E-state index in [2.05, 4.69) is 15.5 Å². The van der Waals surface area contributed by atoms with Crippen molar-refractivity contribution >= 4 is 23.2 Å². The van der Waals surface area contributed by atoms with Crippen molar-refractivity contribution in [2.45, 2.75) is 30.8 Å². The maximum absolute atomic E-state index is 11.5. The maximum atomic E-state index is 11.5. The van der Waals surface area contributed by atoms with Gasteiger partial charge in [-0.15, -0.1) is 5.10 Å². The summed E-state index contributed by atoms with van der Waals surface area (Å²) in [5, 5.41) is 23.4. The van der Waals surface area contributed by atoms with E-state index in [4.69, 9.17) is 0 Å². The molecule has 0 unspecified atom stereocenters. The summed E-state index contributed by atoms with van der Waals surface area (Å²) in [6, 6.07) is 10.2. The molecule has 0 saturated carbocycles. The van der Waals surface area contributed by atoms with Crippen LogP contribution in [0.2, 0.25) is 0 Å². The van der Waals surface area contributed by atoms with E-state index in [1.54, 1.807) is 12.1 Å². The highest BCUT2D eigenvalue weighted by molar-refractivity contribution is 7.99. The Hall–Kier alpha value is -3.07. The number of hydrogen-bond donors (Lipinski definition) is 0. The van der Waals surface area contributed by atoms with Crippen molar-refractivity contribution in [3.8, 4) is 5.69 Å². The first-order valence-corrected chi connectivity index (χ1v) is 8.51. The molecule has 0 N–H and O–H groups in total. The molecule has 3 rings (SSSR count). The summed E-state index contributed by atoms with van der Waals surface area (Å²) in [6.45, 7) is 5.36. The lowest BCUT2D eigenvalue weighted by Crippen LogP contribution is -2.01. The monoisotopic (exact) mass is 369 g/mol. The molecule has 0 atom stereocenters. The number of carbonyl (C=O) groups is 1. The molecule has 0 bridgehead atoms. The average molecular weight is 369 g/mol. The van der Waals surface area contributed by atoms with Gasteiger partial charge >= 0.3 is 0 Å². The van der Waals surface area contributed by atoms with E-state index in [9.17, 15) is 14.9 Å². The van der Waals surface area contributed by atoms with Gasteiger partial charge in [-0.25, -0.2) is 0 Å². The number of rotatable bonds is 5. The lowest BCUT2D eigenvalue weighted by Gasteiger charge is -2.07. The topological polar surface area (TPSA) is 104 Å². The predicted molar refractivity (Wildman–Crippen MR) is 95.9 cm³/mol. The van der Waals surface area contributed by atoms with Crippen LogP contribution in [-0.4, -0.2) is 30.9 Å². The minimum atomic E-state index is -0.515. The minimum Gasteiger partial charge on any atom is -0.295 e. The number of nitro groups is 1. The second kappa shape index (κ2) is 7.04. The number of hydrogen-bond acceptors (Lipinski definition) is 7. The second-order valence-electron chi connectivity index (χ2n) is 5.74. The average Bonchev–Trinajstić information content (AvgIpc) is 3.05. The van der Waals surface area contributed by atoms with Crippen molar-refractivity contribution in [3.63, 3.8) is 0 Å². The SMILES string of the molecule is CC(=O)c1ccc(Sc2nnnn2-c2ccc(C)c(C)c2)c([N+](=O)[O-])c1. The highest BCUT2D eigenvalue weighted by atomic mass is 32.2. The van der Waals surface area contributed by atoms with Gasteiger partial charge in [-0.05, 0) is 78.4 Å². The van der Waals surface area contributed by atoms with Crippen LogP contribution in [0.15, 0.2) is 46.5 Å². The van der Waals surface area contributed by atoms with E-state index in [-0.39, 0.29) is 17.0 Å². The normalized spacial score (nSPS) is 10.7. The zero-order chi connectivity index (χ0) is 18.8. The number of carbonyl (C=O) groups excluding carboxylic acids is 1. The molecule has 0 aliphatic carbocycles. The third-order valence-corrected chi connectivity index (χ3v) is 4.94. The van der Waals surface area contributed by atoms with Crippen molar-refractivity contribution in [1.29, 1.82) is 0 Å². The van der Waals surface area contributed by atoms with E-state index < -0.39 is 4.92 Å². The highest BCUT2D eigenvalue weighted by Crippen LogP contribution is 2.35. The Morgan fingerprint density at radius 2 is 1.92 bits per heavy atom. The van der Waals surface area contributed by atoms with Crippen molar-refractivity contribution in [2.75, 3.05) is 0 Å². The van der Waals surface area contributed by atoms with Gasteiger partial charge in [0.25, 0.3) is 5.69 Å². The molecule has 3 aromatic rings. The third-order valence-electron chi connectivity index (χ3n) is 3.94. The van der Waals surface area contributed by atoms with Crippen LogP contribution in [0.3, 0.4) is 0 Å². The number of tetrazole rings is 1. The largest absolute Gasteiger partial charge is 0.295 e. The summed E-state index contributed by atoms with van der Waals surface area (Å²) in [7, 11) is 0. The molecule has 26 heavy (non-hydrogen) atoms. The van der Waals surface area contributed by atoms with Crippen molar-refractivity contribution < 1.29 is 9.72 Å². The quantitative estimate of drug-likeness (QED) is 0.385. The second-order valence-corrected chi connectivity index (χ2v) is 6.75. The summed E-state index contributed by atoms with van der Waals surface area (Å²) in [5.41, 5.74) is 3.13. The molecule has 1 heterocycles. The van der Waals surface area contributed by atoms with E-state index in [0.717, 1.165) is 28.6 Å². The molecular formula is C17H15N5O3S. The maximum Gasteiger partial charge on any atom is 0.284 e. The Balaban J connectivity index is 2.01. The smallest absolute Gasteiger partial charge is 0.284 e. The van der Waals surface area contributed by atoms with Crippen LogP contribution < -0.4 is 0 Å². The Bertz CT molecular complexity index is 1020. The van der Waals surface area contributed by atoms with Crippen molar-refractivity contribution in [1.82, 2.24) is 20.2 Å². The summed E-state index contributed by atoms with van der Waals surface area (Å²) >= 11 is 1.08. The number of nitro benzene ring substituents is 1. The Morgan fingerprint density at radius 1 is 1.15 bits per heavy atom. The van der Waals surface area contributed by atoms with E-state index in [1.807, 2.05) is 32.0 Å². The van der Waals surface area contributed by atoms with Gasteiger partial charge in [0.05, 0.1) is 15.5 Å². The standard InChI is InChI=1S/C17H15N5O3S/c1-10-4-6-14(8-11(10)2)21-17(18-19-20-21)26-16-7-5-13(12(3)23)9-15(16)22(24)25/h4-9H,1-3H3. The van der Waals surface area contributed by atoms with Gasteiger partial charge in [0.1, 0.15) is 0 Å². The lowest BCUT2D eigenvalue weighted by molar-refractivity contribution is -0.387. The van der Waals surface area contributed by atoms with Crippen molar-refractivity contribution in [2.24, 2.45) is 0 Å². The molecule has 0 fully saturated rings.